The predicted molar refractivity (Wildman–Crippen MR) is 103 cm³/mol. The van der Waals surface area contributed by atoms with Crippen LogP contribution in [0.4, 0.5) is 0 Å². The van der Waals surface area contributed by atoms with Gasteiger partial charge in [0.2, 0.25) is 0 Å². The highest BCUT2D eigenvalue weighted by Crippen LogP contribution is 2.13. The van der Waals surface area contributed by atoms with E-state index >= 15 is 0 Å². The highest BCUT2D eigenvalue weighted by atomic mass is 79.9. The van der Waals surface area contributed by atoms with Crippen molar-refractivity contribution in [2.24, 2.45) is 7.05 Å². The molecule has 26 heavy (non-hydrogen) atoms. The van der Waals surface area contributed by atoms with Gasteiger partial charge in [0.15, 0.2) is 0 Å². The first-order chi connectivity index (χ1) is 12.5. The first kappa shape index (κ1) is 20.2. The van der Waals surface area contributed by atoms with E-state index in [0.29, 0.717) is 17.5 Å². The molecule has 1 unspecified atom stereocenters. The number of nitrogens with zero attached hydrogens (tertiary/aromatic N) is 2. The number of aromatic nitrogens is 2. The van der Waals surface area contributed by atoms with Crippen LogP contribution in [0.3, 0.4) is 0 Å². The number of hydrogen-bond acceptors (Lipinski definition) is 4. The molecule has 138 valence electrons. The van der Waals surface area contributed by atoms with Crippen molar-refractivity contribution in [1.29, 1.82) is 0 Å². The Kier molecular flexibility index (Phi) is 7.39. The van der Waals surface area contributed by atoms with Crippen molar-refractivity contribution in [3.05, 3.63) is 68.5 Å². The minimum absolute atomic E-state index is 0.189. The molecular formula is C19H21BrN2O4. The van der Waals surface area contributed by atoms with Gasteiger partial charge in [0, 0.05) is 24.1 Å². The number of terminal acetylenes is 1. The average molecular weight is 421 g/mol. The van der Waals surface area contributed by atoms with E-state index < -0.39 is 18.0 Å². The monoisotopic (exact) mass is 420 g/mol. The highest BCUT2D eigenvalue weighted by molar-refractivity contribution is 9.09. The van der Waals surface area contributed by atoms with Crippen LogP contribution in [0, 0.1) is 19.3 Å². The minimum Gasteiger partial charge on any atom is -0.373 e. The fourth-order valence-electron chi connectivity index (χ4n) is 2.40. The lowest BCUT2D eigenvalue weighted by Gasteiger charge is -2.23. The zero-order chi connectivity index (χ0) is 19.1. The molecule has 2 atom stereocenters. The molecule has 0 N–H and O–H groups in total. The molecule has 0 fully saturated rings. The lowest BCUT2D eigenvalue weighted by molar-refractivity contribution is -0.0557. The molecule has 0 aliphatic rings. The summed E-state index contributed by atoms with van der Waals surface area (Å²) >= 11 is 3.34. The number of hydrogen-bond donors (Lipinski definition) is 0. The average Bonchev–Trinajstić information content (AvgIpc) is 2.67. The summed E-state index contributed by atoms with van der Waals surface area (Å²) in [6.07, 6.45) is 5.73. The van der Waals surface area contributed by atoms with E-state index in [1.54, 1.807) is 6.92 Å². The normalized spacial score (nSPS) is 13.2. The van der Waals surface area contributed by atoms with Gasteiger partial charge in [-0.15, -0.1) is 6.42 Å². The Morgan fingerprint density at radius 3 is 2.58 bits per heavy atom. The molecule has 0 saturated carbocycles. The quantitative estimate of drug-likeness (QED) is 0.483. The summed E-state index contributed by atoms with van der Waals surface area (Å²) in [6.45, 7) is 2.25. The maximum Gasteiger partial charge on any atom is 0.332 e. The Labute approximate surface area is 160 Å². The van der Waals surface area contributed by atoms with Crippen molar-refractivity contribution in [3.63, 3.8) is 0 Å². The van der Waals surface area contributed by atoms with Gasteiger partial charge in [-0.05, 0) is 12.5 Å². The lowest BCUT2D eigenvalue weighted by Crippen LogP contribution is -2.42. The second-order valence-electron chi connectivity index (χ2n) is 5.77. The molecule has 0 saturated heterocycles. The predicted octanol–water partition coefficient (Wildman–Crippen LogP) is 1.98. The Balaban J connectivity index is 2.07. The molecule has 1 heterocycles. The van der Waals surface area contributed by atoms with Gasteiger partial charge < -0.3 is 9.47 Å². The van der Waals surface area contributed by atoms with Crippen molar-refractivity contribution in [1.82, 2.24) is 9.13 Å². The zero-order valence-corrected chi connectivity index (χ0v) is 16.3. The van der Waals surface area contributed by atoms with Crippen LogP contribution < -0.4 is 11.2 Å². The van der Waals surface area contributed by atoms with Crippen molar-refractivity contribution < 1.29 is 9.47 Å². The highest BCUT2D eigenvalue weighted by Gasteiger charge is 2.19. The largest absolute Gasteiger partial charge is 0.373 e. The number of aryl methyl sites for hydroxylation is 1. The van der Waals surface area contributed by atoms with E-state index in [9.17, 15) is 9.59 Å². The van der Waals surface area contributed by atoms with E-state index in [1.807, 2.05) is 30.3 Å². The molecule has 2 rings (SSSR count). The maximum absolute atomic E-state index is 12.4. The summed E-state index contributed by atoms with van der Waals surface area (Å²) in [7, 11) is 1.43. The molecule has 0 aliphatic carbocycles. The molecule has 1 aromatic heterocycles. The number of alkyl halides is 1. The summed E-state index contributed by atoms with van der Waals surface area (Å²) in [5.74, 6) is 2.53. The summed E-state index contributed by atoms with van der Waals surface area (Å²) in [6, 6.07) is 9.72. The first-order valence-corrected chi connectivity index (χ1v) is 9.18. The van der Waals surface area contributed by atoms with Gasteiger partial charge >= 0.3 is 5.69 Å². The number of ether oxygens (including phenoxy) is 2. The van der Waals surface area contributed by atoms with Gasteiger partial charge in [0.1, 0.15) is 12.3 Å². The van der Waals surface area contributed by atoms with Crippen LogP contribution in [0.15, 0.2) is 46.1 Å². The molecule has 0 aliphatic heterocycles. The van der Waals surface area contributed by atoms with Gasteiger partial charge in [0.05, 0.1) is 13.2 Å². The second-order valence-corrected chi connectivity index (χ2v) is 6.41. The van der Waals surface area contributed by atoms with E-state index in [-0.39, 0.29) is 12.2 Å². The maximum atomic E-state index is 12.4. The molecule has 6 nitrogen and oxygen atoms in total. The van der Waals surface area contributed by atoms with Gasteiger partial charge in [0.25, 0.3) is 5.56 Å². The smallest absolute Gasteiger partial charge is 0.332 e. The Bertz CT molecular complexity index is 883. The lowest BCUT2D eigenvalue weighted by atomic mass is 10.2. The van der Waals surface area contributed by atoms with Gasteiger partial charge in [-0.3, -0.25) is 13.9 Å². The van der Waals surface area contributed by atoms with Crippen LogP contribution >= 0.6 is 15.9 Å². The van der Waals surface area contributed by atoms with Crippen LogP contribution in [0.25, 0.3) is 0 Å². The van der Waals surface area contributed by atoms with Gasteiger partial charge in [-0.1, -0.05) is 52.2 Å². The van der Waals surface area contributed by atoms with E-state index in [1.165, 1.54) is 17.8 Å². The Hall–Kier alpha value is -2.14. The van der Waals surface area contributed by atoms with Crippen LogP contribution in [0.5, 0.6) is 0 Å². The fraction of sp³-hybridized carbons (Fsp3) is 0.368. The van der Waals surface area contributed by atoms with Crippen LogP contribution in [-0.4, -0.2) is 27.2 Å². The second kappa shape index (κ2) is 9.53. The van der Waals surface area contributed by atoms with Crippen molar-refractivity contribution in [2.45, 2.75) is 25.9 Å². The molecular weight excluding hydrogens is 400 g/mol. The van der Waals surface area contributed by atoms with Crippen molar-refractivity contribution in [3.8, 4) is 12.3 Å². The third-order valence-electron chi connectivity index (χ3n) is 3.81. The number of halogens is 1. The van der Waals surface area contributed by atoms with Crippen molar-refractivity contribution >= 4 is 15.9 Å². The summed E-state index contributed by atoms with van der Waals surface area (Å²) in [5, 5.41) is 0.335. The molecule has 0 bridgehead atoms. The van der Waals surface area contributed by atoms with Crippen LogP contribution in [0.1, 0.15) is 17.4 Å². The molecule has 2 aromatic rings. The van der Waals surface area contributed by atoms with E-state index in [0.717, 1.165) is 10.1 Å². The topological polar surface area (TPSA) is 62.5 Å². The molecule has 7 heteroatoms. The van der Waals surface area contributed by atoms with Crippen LogP contribution in [0.2, 0.25) is 0 Å². The standard InChI is InChI=1S/C19H21BrN2O4/c1-4-16(13-25-12-15-8-6-5-7-9-15)26-17(10-20)22-11-14(2)18(23)21(3)19(22)24/h1,5-9,11,16-17H,10,12-13H2,2-3H3/t16-,17?/m1/s1. The summed E-state index contributed by atoms with van der Waals surface area (Å²) in [4.78, 5) is 24.2. The molecule has 1 aromatic carbocycles. The molecule has 0 spiro atoms. The summed E-state index contributed by atoms with van der Waals surface area (Å²) in [5.41, 5.74) is 0.676. The van der Waals surface area contributed by atoms with Gasteiger partial charge in [-0.25, -0.2) is 4.79 Å². The summed E-state index contributed by atoms with van der Waals surface area (Å²) < 4.78 is 13.9. The first-order valence-electron chi connectivity index (χ1n) is 8.06. The van der Waals surface area contributed by atoms with Crippen molar-refractivity contribution in [2.75, 3.05) is 11.9 Å². The SMILES string of the molecule is C#C[C@H](COCc1ccccc1)OC(CBr)n1cc(C)c(=O)n(C)c1=O. The van der Waals surface area contributed by atoms with E-state index in [2.05, 4.69) is 21.9 Å². The van der Waals surface area contributed by atoms with E-state index in [4.69, 9.17) is 15.9 Å². The number of benzene rings is 1. The third kappa shape index (κ3) is 4.94. The zero-order valence-electron chi connectivity index (χ0n) is 14.7. The molecule has 0 amide bonds. The number of rotatable bonds is 8. The third-order valence-corrected chi connectivity index (χ3v) is 4.37. The fourth-order valence-corrected chi connectivity index (χ4v) is 2.87. The molecule has 0 radical (unpaired) electrons. The Morgan fingerprint density at radius 2 is 1.96 bits per heavy atom. The Morgan fingerprint density at radius 1 is 1.27 bits per heavy atom. The van der Waals surface area contributed by atoms with Gasteiger partial charge in [-0.2, -0.15) is 0 Å². The minimum atomic E-state index is -0.658. The van der Waals surface area contributed by atoms with Crippen LogP contribution in [-0.2, 0) is 23.1 Å².